The summed E-state index contributed by atoms with van der Waals surface area (Å²) >= 11 is 1.45. The molecule has 3 aromatic rings. The van der Waals surface area contributed by atoms with Gasteiger partial charge in [-0.2, -0.15) is 9.61 Å². The molecule has 0 bridgehead atoms. The number of fused-ring (bicyclic) bond motifs is 1. The van der Waals surface area contributed by atoms with E-state index in [0.29, 0.717) is 12.4 Å². The molecule has 0 fully saturated rings. The molecule has 2 N–H and O–H groups in total. The van der Waals surface area contributed by atoms with Crippen molar-refractivity contribution >= 4 is 16.3 Å². The van der Waals surface area contributed by atoms with E-state index in [1.807, 2.05) is 37.3 Å². The molecule has 0 amide bonds. The number of hydrogen-bond acceptors (Lipinski definition) is 6. The third-order valence-corrected chi connectivity index (χ3v) is 3.67. The topological polar surface area (TPSA) is 78.3 Å². The number of hydrogen-bond donors (Lipinski definition) is 1. The van der Waals surface area contributed by atoms with Gasteiger partial charge >= 0.3 is 0 Å². The lowest BCUT2D eigenvalue weighted by molar-refractivity contribution is 0.292. The standard InChI is InChI=1S/C12H13N5OS/c1-8(13)11-16-17-10(14-15-12(17)19-11)7-18-9-5-3-2-4-6-9/h2-6,8H,7,13H2,1H3. The van der Waals surface area contributed by atoms with Crippen LogP contribution >= 0.6 is 11.3 Å². The minimum atomic E-state index is -0.102. The maximum absolute atomic E-state index is 5.81. The fraction of sp³-hybridized carbons (Fsp3) is 0.250. The van der Waals surface area contributed by atoms with Crippen LogP contribution in [0.1, 0.15) is 23.8 Å². The lowest BCUT2D eigenvalue weighted by Crippen LogP contribution is -2.07. The third-order valence-electron chi connectivity index (χ3n) is 2.57. The summed E-state index contributed by atoms with van der Waals surface area (Å²) in [4.78, 5) is 0.735. The van der Waals surface area contributed by atoms with Crippen molar-refractivity contribution in [2.45, 2.75) is 19.6 Å². The van der Waals surface area contributed by atoms with Crippen molar-refractivity contribution in [2.75, 3.05) is 0 Å². The molecule has 1 aromatic carbocycles. The fourth-order valence-electron chi connectivity index (χ4n) is 1.61. The summed E-state index contributed by atoms with van der Waals surface area (Å²) in [7, 11) is 0. The van der Waals surface area contributed by atoms with Gasteiger partial charge in [-0.1, -0.05) is 29.5 Å². The molecule has 2 aromatic heterocycles. The van der Waals surface area contributed by atoms with Crippen molar-refractivity contribution in [1.29, 1.82) is 0 Å². The average Bonchev–Trinajstić information content (AvgIpc) is 2.98. The Morgan fingerprint density at radius 3 is 2.84 bits per heavy atom. The number of nitrogens with two attached hydrogens (primary N) is 1. The van der Waals surface area contributed by atoms with Gasteiger partial charge in [-0.15, -0.1) is 10.2 Å². The van der Waals surface area contributed by atoms with Crippen molar-refractivity contribution in [2.24, 2.45) is 5.73 Å². The highest BCUT2D eigenvalue weighted by molar-refractivity contribution is 7.16. The molecule has 7 heteroatoms. The summed E-state index contributed by atoms with van der Waals surface area (Å²) in [5.41, 5.74) is 5.81. The molecule has 0 saturated heterocycles. The van der Waals surface area contributed by atoms with Gasteiger partial charge in [0.15, 0.2) is 5.82 Å². The van der Waals surface area contributed by atoms with Gasteiger partial charge in [0.05, 0.1) is 6.04 Å². The van der Waals surface area contributed by atoms with Crippen LogP contribution in [0.25, 0.3) is 4.96 Å². The number of nitrogens with zero attached hydrogens (tertiary/aromatic N) is 4. The van der Waals surface area contributed by atoms with Crippen LogP contribution in [0.15, 0.2) is 30.3 Å². The van der Waals surface area contributed by atoms with Gasteiger partial charge in [-0.3, -0.25) is 0 Å². The summed E-state index contributed by atoms with van der Waals surface area (Å²) < 4.78 is 7.33. The van der Waals surface area contributed by atoms with Gasteiger partial charge in [0.1, 0.15) is 17.4 Å². The monoisotopic (exact) mass is 275 g/mol. The number of para-hydroxylation sites is 1. The second-order valence-electron chi connectivity index (χ2n) is 4.14. The van der Waals surface area contributed by atoms with Gasteiger partial charge in [0, 0.05) is 0 Å². The molecule has 6 nitrogen and oxygen atoms in total. The molecule has 19 heavy (non-hydrogen) atoms. The number of benzene rings is 1. The Morgan fingerprint density at radius 2 is 2.11 bits per heavy atom. The predicted octanol–water partition coefficient (Wildman–Crippen LogP) is 1.78. The van der Waals surface area contributed by atoms with E-state index in [-0.39, 0.29) is 6.04 Å². The Kier molecular flexibility index (Phi) is 3.14. The predicted molar refractivity (Wildman–Crippen MR) is 72.0 cm³/mol. The van der Waals surface area contributed by atoms with E-state index in [2.05, 4.69) is 15.3 Å². The average molecular weight is 275 g/mol. The van der Waals surface area contributed by atoms with Gasteiger partial charge in [0.25, 0.3) is 0 Å². The first-order valence-electron chi connectivity index (χ1n) is 5.88. The maximum Gasteiger partial charge on any atom is 0.234 e. The second-order valence-corrected chi connectivity index (χ2v) is 5.13. The van der Waals surface area contributed by atoms with E-state index in [0.717, 1.165) is 15.7 Å². The molecular formula is C12H13N5OS. The minimum absolute atomic E-state index is 0.102. The Hall–Kier alpha value is -1.99. The minimum Gasteiger partial charge on any atom is -0.486 e. The van der Waals surface area contributed by atoms with E-state index in [4.69, 9.17) is 10.5 Å². The summed E-state index contributed by atoms with van der Waals surface area (Å²) in [5.74, 6) is 1.46. The first kappa shape index (κ1) is 12.1. The lowest BCUT2D eigenvalue weighted by Gasteiger charge is -2.03. The Morgan fingerprint density at radius 1 is 1.32 bits per heavy atom. The van der Waals surface area contributed by atoms with Crippen LogP contribution in [0.2, 0.25) is 0 Å². The normalized spacial score (nSPS) is 12.7. The number of ether oxygens (including phenoxy) is 1. The molecule has 1 atom stereocenters. The SMILES string of the molecule is CC(N)c1nn2c(COc3ccccc3)nnc2s1. The molecule has 3 rings (SSSR count). The number of rotatable bonds is 4. The van der Waals surface area contributed by atoms with Crippen molar-refractivity contribution in [3.05, 3.63) is 41.2 Å². The summed E-state index contributed by atoms with van der Waals surface area (Å²) in [5, 5.41) is 13.4. The Bertz CT molecular complexity index is 676. The zero-order chi connectivity index (χ0) is 13.2. The molecule has 1 unspecified atom stereocenters. The van der Waals surface area contributed by atoms with Crippen LogP contribution in [0.5, 0.6) is 5.75 Å². The van der Waals surface area contributed by atoms with E-state index < -0.39 is 0 Å². The van der Waals surface area contributed by atoms with Gasteiger partial charge in [-0.25, -0.2) is 0 Å². The smallest absolute Gasteiger partial charge is 0.234 e. The quantitative estimate of drug-likeness (QED) is 0.785. The van der Waals surface area contributed by atoms with Crippen LogP contribution in [-0.4, -0.2) is 19.8 Å². The van der Waals surface area contributed by atoms with Gasteiger partial charge in [-0.05, 0) is 19.1 Å². The van der Waals surface area contributed by atoms with Crippen LogP contribution in [0.3, 0.4) is 0 Å². The van der Waals surface area contributed by atoms with Crippen LogP contribution in [-0.2, 0) is 6.61 Å². The molecule has 0 aliphatic heterocycles. The zero-order valence-corrected chi connectivity index (χ0v) is 11.2. The van der Waals surface area contributed by atoms with Crippen molar-refractivity contribution < 1.29 is 4.74 Å². The summed E-state index contributed by atoms with van der Waals surface area (Å²) in [6.07, 6.45) is 0. The third kappa shape index (κ3) is 2.42. The zero-order valence-electron chi connectivity index (χ0n) is 10.4. The van der Waals surface area contributed by atoms with Crippen molar-refractivity contribution in [1.82, 2.24) is 19.8 Å². The molecular weight excluding hydrogens is 262 g/mol. The van der Waals surface area contributed by atoms with Crippen LogP contribution in [0.4, 0.5) is 0 Å². The van der Waals surface area contributed by atoms with Gasteiger partial charge in [0.2, 0.25) is 4.96 Å². The molecule has 98 valence electrons. The highest BCUT2D eigenvalue weighted by Gasteiger charge is 2.14. The largest absolute Gasteiger partial charge is 0.486 e. The molecule has 0 spiro atoms. The first-order valence-corrected chi connectivity index (χ1v) is 6.70. The highest BCUT2D eigenvalue weighted by atomic mass is 32.1. The number of aromatic nitrogens is 4. The van der Waals surface area contributed by atoms with Crippen LogP contribution in [0, 0.1) is 0 Å². The van der Waals surface area contributed by atoms with Crippen molar-refractivity contribution in [3.63, 3.8) is 0 Å². The Labute approximate surface area is 113 Å². The first-order chi connectivity index (χ1) is 9.24. The highest BCUT2D eigenvalue weighted by Crippen LogP contribution is 2.19. The van der Waals surface area contributed by atoms with E-state index >= 15 is 0 Å². The molecule has 0 saturated carbocycles. The molecule has 2 heterocycles. The fourth-order valence-corrected chi connectivity index (χ4v) is 2.42. The second kappa shape index (κ2) is 4.94. The molecule has 0 radical (unpaired) electrons. The van der Waals surface area contributed by atoms with Crippen LogP contribution < -0.4 is 10.5 Å². The van der Waals surface area contributed by atoms with E-state index in [1.54, 1.807) is 4.52 Å². The summed E-state index contributed by atoms with van der Waals surface area (Å²) in [6.45, 7) is 2.22. The molecule has 0 aliphatic rings. The Balaban J connectivity index is 1.81. The maximum atomic E-state index is 5.81. The van der Waals surface area contributed by atoms with Crippen molar-refractivity contribution in [3.8, 4) is 5.75 Å². The van der Waals surface area contributed by atoms with E-state index in [9.17, 15) is 0 Å². The lowest BCUT2D eigenvalue weighted by atomic mass is 10.3. The van der Waals surface area contributed by atoms with E-state index in [1.165, 1.54) is 11.3 Å². The molecule has 0 aliphatic carbocycles. The van der Waals surface area contributed by atoms with Gasteiger partial charge < -0.3 is 10.5 Å². The summed E-state index contributed by atoms with van der Waals surface area (Å²) in [6, 6.07) is 9.48.